The third-order valence-electron chi connectivity index (χ3n) is 2.26. The van der Waals surface area contributed by atoms with E-state index in [-0.39, 0.29) is 28.8 Å². The Kier molecular flexibility index (Phi) is 5.59. The molecule has 0 bridgehead atoms. The summed E-state index contributed by atoms with van der Waals surface area (Å²) in [5.41, 5.74) is 5.87. The topological polar surface area (TPSA) is 101 Å². The first-order chi connectivity index (χ1) is 8.86. The number of rotatable bonds is 6. The average molecular weight is 306 g/mol. The number of hydrogen-bond donors (Lipinski definition) is 3. The van der Waals surface area contributed by atoms with Gasteiger partial charge in [0.25, 0.3) is 0 Å². The molecule has 19 heavy (non-hydrogen) atoms. The number of nitrogen functional groups attached to an aromatic ring is 1. The van der Waals surface area contributed by atoms with Crippen LogP contribution in [-0.4, -0.2) is 27.4 Å². The number of carbonyl (C=O) groups is 1. The van der Waals surface area contributed by atoms with Gasteiger partial charge in [-0.3, -0.25) is 4.79 Å². The van der Waals surface area contributed by atoms with Crippen molar-refractivity contribution in [2.75, 3.05) is 18.8 Å². The zero-order valence-electron chi connectivity index (χ0n) is 10.4. The van der Waals surface area contributed by atoms with Gasteiger partial charge in [-0.2, -0.15) is 0 Å². The van der Waals surface area contributed by atoms with Crippen LogP contribution in [0.4, 0.5) is 5.69 Å². The molecule has 0 aliphatic rings. The molecule has 1 aromatic rings. The molecule has 0 saturated carbocycles. The highest BCUT2D eigenvalue weighted by molar-refractivity contribution is 7.89. The van der Waals surface area contributed by atoms with Gasteiger partial charge in [-0.1, -0.05) is 11.6 Å². The van der Waals surface area contributed by atoms with Crippen LogP contribution in [-0.2, 0) is 14.8 Å². The summed E-state index contributed by atoms with van der Waals surface area (Å²) in [7, 11) is -3.74. The van der Waals surface area contributed by atoms with Gasteiger partial charge in [0.15, 0.2) is 0 Å². The number of sulfonamides is 1. The van der Waals surface area contributed by atoms with Crippen molar-refractivity contribution in [3.63, 3.8) is 0 Å². The number of carbonyl (C=O) groups excluding carboxylic acids is 1. The third kappa shape index (κ3) is 4.70. The maximum atomic E-state index is 11.9. The monoisotopic (exact) mass is 305 g/mol. The minimum Gasteiger partial charge on any atom is -0.399 e. The molecule has 0 aliphatic carbocycles. The van der Waals surface area contributed by atoms with Gasteiger partial charge in [0.1, 0.15) is 4.90 Å². The van der Waals surface area contributed by atoms with Crippen molar-refractivity contribution in [1.29, 1.82) is 0 Å². The van der Waals surface area contributed by atoms with E-state index in [1.807, 2.05) is 0 Å². The molecule has 1 amide bonds. The zero-order valence-corrected chi connectivity index (χ0v) is 12.0. The number of hydrogen-bond acceptors (Lipinski definition) is 4. The fraction of sp³-hybridized carbons (Fsp3) is 0.364. The van der Waals surface area contributed by atoms with Crippen LogP contribution in [0.15, 0.2) is 23.1 Å². The summed E-state index contributed by atoms with van der Waals surface area (Å²) < 4.78 is 26.2. The first-order valence-corrected chi connectivity index (χ1v) is 7.54. The van der Waals surface area contributed by atoms with Crippen LogP contribution in [0.1, 0.15) is 13.3 Å². The van der Waals surface area contributed by atoms with Crippen molar-refractivity contribution < 1.29 is 13.2 Å². The number of amides is 1. The molecule has 0 fully saturated rings. The Hall–Kier alpha value is -1.31. The molecule has 0 aliphatic heterocycles. The van der Waals surface area contributed by atoms with E-state index in [1.54, 1.807) is 6.92 Å². The van der Waals surface area contributed by atoms with E-state index in [4.69, 9.17) is 17.3 Å². The highest BCUT2D eigenvalue weighted by Crippen LogP contribution is 2.23. The predicted octanol–water partition coefficient (Wildman–Crippen LogP) is 0.727. The summed E-state index contributed by atoms with van der Waals surface area (Å²) in [5, 5.41) is 2.62. The fourth-order valence-corrected chi connectivity index (χ4v) is 2.98. The molecule has 0 unspecified atom stereocenters. The highest BCUT2D eigenvalue weighted by Gasteiger charge is 2.17. The zero-order chi connectivity index (χ0) is 14.5. The lowest BCUT2D eigenvalue weighted by molar-refractivity contribution is -0.120. The quantitative estimate of drug-likeness (QED) is 0.674. The lowest BCUT2D eigenvalue weighted by atomic mass is 10.3. The maximum absolute atomic E-state index is 11.9. The van der Waals surface area contributed by atoms with Gasteiger partial charge in [-0.05, 0) is 25.1 Å². The molecule has 0 saturated heterocycles. The van der Waals surface area contributed by atoms with Crippen LogP contribution in [0, 0.1) is 0 Å². The van der Waals surface area contributed by atoms with Gasteiger partial charge < -0.3 is 11.1 Å². The molecular weight excluding hydrogens is 290 g/mol. The molecule has 8 heteroatoms. The van der Waals surface area contributed by atoms with E-state index >= 15 is 0 Å². The van der Waals surface area contributed by atoms with Crippen LogP contribution in [0.2, 0.25) is 5.02 Å². The first kappa shape index (κ1) is 15.7. The molecule has 1 rings (SSSR count). The van der Waals surface area contributed by atoms with Crippen molar-refractivity contribution in [1.82, 2.24) is 10.0 Å². The van der Waals surface area contributed by atoms with E-state index in [9.17, 15) is 13.2 Å². The standard InChI is InChI=1S/C11H16ClN3O3S/c1-2-14-11(16)5-6-15-19(17,18)10-4-3-8(13)7-9(10)12/h3-4,7,15H,2,5-6,13H2,1H3,(H,14,16). The smallest absolute Gasteiger partial charge is 0.242 e. The Labute approximate surface area is 117 Å². The third-order valence-corrected chi connectivity index (χ3v) is 4.21. The van der Waals surface area contributed by atoms with Gasteiger partial charge in [0.05, 0.1) is 5.02 Å². The molecule has 6 nitrogen and oxygen atoms in total. The van der Waals surface area contributed by atoms with Crippen molar-refractivity contribution in [3.8, 4) is 0 Å². The van der Waals surface area contributed by atoms with E-state index in [0.29, 0.717) is 12.2 Å². The predicted molar refractivity (Wildman–Crippen MR) is 74.4 cm³/mol. The lowest BCUT2D eigenvalue weighted by Gasteiger charge is -2.08. The van der Waals surface area contributed by atoms with E-state index in [1.165, 1.54) is 18.2 Å². The molecule has 106 valence electrons. The number of nitrogens with two attached hydrogens (primary N) is 1. The molecule has 1 aromatic carbocycles. The largest absolute Gasteiger partial charge is 0.399 e. The number of halogens is 1. The second-order valence-electron chi connectivity index (χ2n) is 3.79. The average Bonchev–Trinajstić information content (AvgIpc) is 2.28. The minimum absolute atomic E-state index is 0.00880. The van der Waals surface area contributed by atoms with Crippen LogP contribution >= 0.6 is 11.6 Å². The van der Waals surface area contributed by atoms with Gasteiger partial charge in [-0.15, -0.1) is 0 Å². The molecule has 0 spiro atoms. The molecule has 0 aromatic heterocycles. The van der Waals surface area contributed by atoms with Gasteiger partial charge in [0, 0.05) is 25.2 Å². The minimum atomic E-state index is -3.74. The molecular formula is C11H16ClN3O3S. The summed E-state index contributed by atoms with van der Waals surface area (Å²) in [6.45, 7) is 2.31. The van der Waals surface area contributed by atoms with Crippen LogP contribution < -0.4 is 15.8 Å². The Bertz CT molecular complexity index is 560. The van der Waals surface area contributed by atoms with Crippen molar-refractivity contribution >= 4 is 33.2 Å². The van der Waals surface area contributed by atoms with Crippen LogP contribution in [0.25, 0.3) is 0 Å². The van der Waals surface area contributed by atoms with Crippen molar-refractivity contribution in [3.05, 3.63) is 23.2 Å². The summed E-state index contributed by atoms with van der Waals surface area (Å²) in [5.74, 6) is -0.214. The second-order valence-corrected chi connectivity index (χ2v) is 5.93. The maximum Gasteiger partial charge on any atom is 0.242 e. The second kappa shape index (κ2) is 6.74. The van der Waals surface area contributed by atoms with Gasteiger partial charge in [0.2, 0.25) is 15.9 Å². The Balaban J connectivity index is 2.68. The SMILES string of the molecule is CCNC(=O)CCNS(=O)(=O)c1ccc(N)cc1Cl. The summed E-state index contributed by atoms with van der Waals surface area (Å²) in [6, 6.07) is 4.14. The van der Waals surface area contributed by atoms with E-state index in [0.717, 1.165) is 0 Å². The van der Waals surface area contributed by atoms with E-state index < -0.39 is 10.0 Å². The number of nitrogens with one attached hydrogen (secondary N) is 2. The van der Waals surface area contributed by atoms with Crippen LogP contribution in [0.5, 0.6) is 0 Å². The summed E-state index contributed by atoms with van der Waals surface area (Å²) in [4.78, 5) is 11.1. The molecule has 4 N–H and O–H groups in total. The Morgan fingerprint density at radius 3 is 2.68 bits per heavy atom. The lowest BCUT2D eigenvalue weighted by Crippen LogP contribution is -2.30. The van der Waals surface area contributed by atoms with Gasteiger partial charge >= 0.3 is 0 Å². The normalized spacial score (nSPS) is 11.3. The van der Waals surface area contributed by atoms with Crippen LogP contribution in [0.3, 0.4) is 0 Å². The number of anilines is 1. The van der Waals surface area contributed by atoms with E-state index in [2.05, 4.69) is 10.0 Å². The molecule has 0 radical (unpaired) electrons. The summed E-state index contributed by atoms with van der Waals surface area (Å²) in [6.07, 6.45) is 0.0691. The molecule has 0 atom stereocenters. The van der Waals surface area contributed by atoms with Gasteiger partial charge in [-0.25, -0.2) is 13.1 Å². The van der Waals surface area contributed by atoms with Crippen molar-refractivity contribution in [2.45, 2.75) is 18.2 Å². The van der Waals surface area contributed by atoms with Crippen molar-refractivity contribution in [2.24, 2.45) is 0 Å². The Morgan fingerprint density at radius 2 is 2.11 bits per heavy atom. The number of benzene rings is 1. The first-order valence-electron chi connectivity index (χ1n) is 5.68. The Morgan fingerprint density at radius 1 is 1.42 bits per heavy atom. The highest BCUT2D eigenvalue weighted by atomic mass is 35.5. The summed E-state index contributed by atoms with van der Waals surface area (Å²) >= 11 is 5.83. The fourth-order valence-electron chi connectivity index (χ4n) is 1.40. The molecule has 0 heterocycles.